The third-order valence-electron chi connectivity index (χ3n) is 5.52. The molecule has 2 aliphatic rings. The van der Waals surface area contributed by atoms with Gasteiger partial charge in [0.05, 0.1) is 6.20 Å². The van der Waals surface area contributed by atoms with Crippen LogP contribution < -0.4 is 4.74 Å². The minimum atomic E-state index is 0.0139. The predicted molar refractivity (Wildman–Crippen MR) is 105 cm³/mol. The molecule has 0 radical (unpaired) electrons. The Balaban J connectivity index is 1.31. The highest BCUT2D eigenvalue weighted by Crippen LogP contribution is 2.24. The molecule has 3 heterocycles. The van der Waals surface area contributed by atoms with Crippen molar-refractivity contribution in [3.8, 4) is 11.5 Å². The van der Waals surface area contributed by atoms with E-state index >= 15 is 0 Å². The van der Waals surface area contributed by atoms with Crippen LogP contribution in [0.2, 0.25) is 0 Å². The number of pyridine rings is 1. The fraction of sp³-hybridized carbons (Fsp3) is 0.409. The average Bonchev–Trinajstić information content (AvgIpc) is 3.29. The molecule has 0 saturated carbocycles. The minimum Gasteiger partial charge on any atom is -0.456 e. The van der Waals surface area contributed by atoms with Gasteiger partial charge in [0.15, 0.2) is 0 Å². The Hall–Kier alpha value is -2.89. The molecule has 6 nitrogen and oxygen atoms in total. The minimum absolute atomic E-state index is 0.0139. The van der Waals surface area contributed by atoms with Gasteiger partial charge in [0.1, 0.15) is 11.5 Å². The fourth-order valence-electron chi connectivity index (χ4n) is 3.92. The molecule has 28 heavy (non-hydrogen) atoms. The van der Waals surface area contributed by atoms with E-state index in [4.69, 9.17) is 4.74 Å². The molecule has 2 aliphatic heterocycles. The largest absolute Gasteiger partial charge is 0.456 e. The van der Waals surface area contributed by atoms with Crippen LogP contribution >= 0.6 is 0 Å². The van der Waals surface area contributed by atoms with Crippen LogP contribution in [-0.2, 0) is 4.79 Å². The van der Waals surface area contributed by atoms with Crippen LogP contribution in [-0.4, -0.2) is 52.8 Å². The molecule has 2 saturated heterocycles. The van der Waals surface area contributed by atoms with Gasteiger partial charge in [0, 0.05) is 43.9 Å². The van der Waals surface area contributed by atoms with E-state index < -0.39 is 0 Å². The van der Waals surface area contributed by atoms with E-state index in [2.05, 4.69) is 4.98 Å². The van der Waals surface area contributed by atoms with Gasteiger partial charge in [0.2, 0.25) is 5.91 Å². The molecule has 1 aromatic heterocycles. The summed E-state index contributed by atoms with van der Waals surface area (Å²) in [6, 6.07) is 10.8. The lowest BCUT2D eigenvalue weighted by Gasteiger charge is -2.33. The van der Waals surface area contributed by atoms with E-state index in [1.54, 1.807) is 36.7 Å². The van der Waals surface area contributed by atoms with Crippen molar-refractivity contribution in [1.29, 1.82) is 0 Å². The van der Waals surface area contributed by atoms with Crippen molar-refractivity contribution in [2.75, 3.05) is 26.2 Å². The third kappa shape index (κ3) is 4.16. The number of carbonyl (C=O) groups excluding carboxylic acids is 2. The first kappa shape index (κ1) is 18.5. The summed E-state index contributed by atoms with van der Waals surface area (Å²) in [7, 11) is 0. The molecular formula is C22H25N3O3. The van der Waals surface area contributed by atoms with Crippen molar-refractivity contribution < 1.29 is 14.3 Å². The zero-order valence-electron chi connectivity index (χ0n) is 15.9. The fourth-order valence-corrected chi connectivity index (χ4v) is 3.92. The second kappa shape index (κ2) is 8.42. The van der Waals surface area contributed by atoms with Gasteiger partial charge in [-0.3, -0.25) is 14.6 Å². The summed E-state index contributed by atoms with van der Waals surface area (Å²) in [5, 5.41) is 0. The number of hydrogen-bond donors (Lipinski definition) is 0. The van der Waals surface area contributed by atoms with Gasteiger partial charge in [-0.25, -0.2) is 0 Å². The molecule has 2 aromatic rings. The molecule has 0 N–H and O–H groups in total. The first-order valence-electron chi connectivity index (χ1n) is 9.97. The van der Waals surface area contributed by atoms with Crippen molar-refractivity contribution in [3.63, 3.8) is 0 Å². The molecule has 0 bridgehead atoms. The second-order valence-electron chi connectivity index (χ2n) is 7.41. The van der Waals surface area contributed by atoms with Gasteiger partial charge in [-0.1, -0.05) is 0 Å². The smallest absolute Gasteiger partial charge is 0.253 e. The number of likely N-dealkylation sites (tertiary alicyclic amines) is 2. The maximum atomic E-state index is 12.8. The quantitative estimate of drug-likeness (QED) is 0.817. The lowest BCUT2D eigenvalue weighted by molar-refractivity contribution is -0.135. The van der Waals surface area contributed by atoms with Crippen molar-refractivity contribution in [2.24, 2.45) is 5.92 Å². The molecule has 0 aliphatic carbocycles. The van der Waals surface area contributed by atoms with Crippen LogP contribution in [0.15, 0.2) is 48.8 Å². The van der Waals surface area contributed by atoms with Gasteiger partial charge in [0.25, 0.3) is 5.91 Å². The molecule has 146 valence electrons. The first-order chi connectivity index (χ1) is 13.7. The van der Waals surface area contributed by atoms with Gasteiger partial charge in [-0.2, -0.15) is 0 Å². The molecule has 1 aromatic carbocycles. The zero-order chi connectivity index (χ0) is 19.3. The normalized spacial score (nSPS) is 17.6. The zero-order valence-corrected chi connectivity index (χ0v) is 15.9. The van der Waals surface area contributed by atoms with Gasteiger partial charge >= 0.3 is 0 Å². The third-order valence-corrected chi connectivity index (χ3v) is 5.52. The lowest BCUT2D eigenvalue weighted by Crippen LogP contribution is -2.43. The molecule has 2 amide bonds. The summed E-state index contributed by atoms with van der Waals surface area (Å²) in [5.41, 5.74) is 0.642. The highest BCUT2D eigenvalue weighted by atomic mass is 16.5. The average molecular weight is 379 g/mol. The Labute approximate surface area is 165 Å². The van der Waals surface area contributed by atoms with E-state index in [1.807, 2.05) is 21.9 Å². The van der Waals surface area contributed by atoms with Gasteiger partial charge < -0.3 is 14.5 Å². The van der Waals surface area contributed by atoms with E-state index in [0.717, 1.165) is 38.8 Å². The number of amides is 2. The highest BCUT2D eigenvalue weighted by molar-refractivity contribution is 5.94. The summed E-state index contributed by atoms with van der Waals surface area (Å²) < 4.78 is 5.72. The maximum Gasteiger partial charge on any atom is 0.253 e. The van der Waals surface area contributed by atoms with Crippen LogP contribution in [0, 0.1) is 5.92 Å². The Morgan fingerprint density at radius 1 is 0.893 bits per heavy atom. The van der Waals surface area contributed by atoms with Gasteiger partial charge in [-0.15, -0.1) is 0 Å². The Bertz CT molecular complexity index is 809. The monoisotopic (exact) mass is 379 g/mol. The lowest BCUT2D eigenvalue weighted by atomic mass is 9.95. The standard InChI is InChI=1S/C22H25N3O3/c26-21(17-5-7-19(8-6-17)28-20-4-3-11-23-16-20)25-14-9-18(10-15-25)22(27)24-12-1-2-13-24/h3-8,11,16,18H,1-2,9-10,12-15H2. The van der Waals surface area contributed by atoms with Crippen LogP contribution in [0.5, 0.6) is 11.5 Å². The van der Waals surface area contributed by atoms with E-state index in [0.29, 0.717) is 30.2 Å². The number of rotatable bonds is 4. The number of aromatic nitrogens is 1. The molecule has 4 rings (SSSR count). The van der Waals surface area contributed by atoms with E-state index in [1.165, 1.54) is 0 Å². The molecule has 0 spiro atoms. The Morgan fingerprint density at radius 3 is 2.25 bits per heavy atom. The first-order valence-corrected chi connectivity index (χ1v) is 9.97. The topological polar surface area (TPSA) is 62.7 Å². The Morgan fingerprint density at radius 2 is 1.61 bits per heavy atom. The SMILES string of the molecule is O=C(c1ccc(Oc2cccnc2)cc1)N1CCC(C(=O)N2CCCC2)CC1. The molecule has 0 unspecified atom stereocenters. The van der Waals surface area contributed by atoms with Crippen molar-refractivity contribution in [2.45, 2.75) is 25.7 Å². The summed E-state index contributed by atoms with van der Waals surface area (Å²) in [5.74, 6) is 1.68. The molecule has 0 atom stereocenters. The summed E-state index contributed by atoms with van der Waals surface area (Å²) >= 11 is 0. The van der Waals surface area contributed by atoms with Crippen LogP contribution in [0.4, 0.5) is 0 Å². The second-order valence-corrected chi connectivity index (χ2v) is 7.41. The van der Waals surface area contributed by atoms with Gasteiger partial charge in [-0.05, 0) is 62.1 Å². The number of carbonyl (C=O) groups is 2. The van der Waals surface area contributed by atoms with Crippen molar-refractivity contribution >= 4 is 11.8 Å². The molecule has 6 heteroatoms. The molecule has 2 fully saturated rings. The number of benzene rings is 1. The van der Waals surface area contributed by atoms with Crippen molar-refractivity contribution in [3.05, 3.63) is 54.4 Å². The van der Waals surface area contributed by atoms with Crippen LogP contribution in [0.25, 0.3) is 0 Å². The van der Waals surface area contributed by atoms with Crippen LogP contribution in [0.1, 0.15) is 36.0 Å². The summed E-state index contributed by atoms with van der Waals surface area (Å²) in [6.07, 6.45) is 7.07. The number of nitrogens with zero attached hydrogens (tertiary/aromatic N) is 3. The summed E-state index contributed by atoms with van der Waals surface area (Å²) in [6.45, 7) is 3.06. The maximum absolute atomic E-state index is 12.8. The van der Waals surface area contributed by atoms with E-state index in [9.17, 15) is 9.59 Å². The van der Waals surface area contributed by atoms with Crippen LogP contribution in [0.3, 0.4) is 0 Å². The predicted octanol–water partition coefficient (Wildman–Crippen LogP) is 3.35. The summed E-state index contributed by atoms with van der Waals surface area (Å²) in [4.78, 5) is 33.2. The van der Waals surface area contributed by atoms with Crippen molar-refractivity contribution in [1.82, 2.24) is 14.8 Å². The number of hydrogen-bond acceptors (Lipinski definition) is 4. The van der Waals surface area contributed by atoms with E-state index in [-0.39, 0.29) is 17.7 Å². The number of piperidine rings is 1. The Kier molecular flexibility index (Phi) is 5.55. The number of ether oxygens (including phenoxy) is 1. The molecular weight excluding hydrogens is 354 g/mol. The highest BCUT2D eigenvalue weighted by Gasteiger charge is 2.31.